The largest absolute Gasteiger partial charge is 0.465 e. The summed E-state index contributed by atoms with van der Waals surface area (Å²) in [6.07, 6.45) is 2.67. The number of ether oxygens (including phenoxy) is 2. The molecule has 5 heterocycles. The molecule has 3 aliphatic rings. The standard InChI is InChI=1S/C46H54N8O7/c1-25(2)40(52(5)46(58)59)44(56)54-27(4)8-17-36(54)41-47-33-15-12-29(24-35(33)49-41)10-9-28-11-14-32-31(23-28)13-16-34-39(32)50-42(48-34)37-18-7-26(3)53(37)43(55)38(51-45(57)60-6)30-19-21-61-22-20-30/h11-16,23-27,30,36-38,40H,7-8,17-22H2,1-6H3,(H,47,49)(H,48,50)(H,51,57)(H,58,59)/t26-,27?,36?,37-,38?,40-/m0/s1. The van der Waals surface area contributed by atoms with Crippen molar-refractivity contribution in [3.63, 3.8) is 0 Å². The number of imidazole rings is 2. The van der Waals surface area contributed by atoms with Gasteiger partial charge in [0.15, 0.2) is 0 Å². The molecular formula is C46H54N8O7. The number of H-pyrrole nitrogens is 2. The van der Waals surface area contributed by atoms with Crippen molar-refractivity contribution in [3.05, 3.63) is 71.3 Å². The fourth-order valence-electron chi connectivity index (χ4n) is 9.66. The Kier molecular flexibility index (Phi) is 11.6. The van der Waals surface area contributed by atoms with Gasteiger partial charge in [0.1, 0.15) is 23.7 Å². The van der Waals surface area contributed by atoms with Crippen molar-refractivity contribution in [1.29, 1.82) is 0 Å². The summed E-state index contributed by atoms with van der Waals surface area (Å²) in [5.41, 5.74) is 4.91. The third-order valence-electron chi connectivity index (χ3n) is 12.9. The van der Waals surface area contributed by atoms with E-state index in [0.29, 0.717) is 31.9 Å². The number of aromatic nitrogens is 4. The molecule has 2 aromatic heterocycles. The zero-order valence-electron chi connectivity index (χ0n) is 35.5. The number of carboxylic acid groups (broad SMARTS) is 1. The van der Waals surface area contributed by atoms with Crippen LogP contribution >= 0.6 is 0 Å². The number of methoxy groups -OCH3 is 1. The number of nitrogens with zero attached hydrogens (tertiary/aromatic N) is 5. The highest BCUT2D eigenvalue weighted by atomic mass is 16.5. The van der Waals surface area contributed by atoms with Gasteiger partial charge >= 0.3 is 12.2 Å². The zero-order valence-corrected chi connectivity index (χ0v) is 35.5. The molecule has 15 nitrogen and oxygen atoms in total. The molecule has 61 heavy (non-hydrogen) atoms. The first-order valence-electron chi connectivity index (χ1n) is 21.3. The van der Waals surface area contributed by atoms with Crippen molar-refractivity contribution in [1.82, 2.24) is 40.0 Å². The first kappa shape index (κ1) is 41.6. The molecule has 3 aromatic carbocycles. The van der Waals surface area contributed by atoms with E-state index >= 15 is 0 Å². The number of alkyl carbamates (subject to hydrolysis) is 1. The minimum Gasteiger partial charge on any atom is -0.465 e. The first-order chi connectivity index (χ1) is 29.3. The van der Waals surface area contributed by atoms with Crippen molar-refractivity contribution in [3.8, 4) is 11.8 Å². The monoisotopic (exact) mass is 830 g/mol. The molecule has 15 heteroatoms. The smallest absolute Gasteiger partial charge is 0.407 e. The van der Waals surface area contributed by atoms with Crippen LogP contribution in [0.25, 0.3) is 32.8 Å². The molecule has 8 rings (SSSR count). The third-order valence-corrected chi connectivity index (χ3v) is 12.9. The van der Waals surface area contributed by atoms with Crippen LogP contribution in [0.2, 0.25) is 0 Å². The Morgan fingerprint density at radius 1 is 0.836 bits per heavy atom. The van der Waals surface area contributed by atoms with Crippen LogP contribution in [0.15, 0.2) is 48.5 Å². The van der Waals surface area contributed by atoms with Crippen LogP contribution in [0, 0.1) is 23.7 Å². The number of benzene rings is 3. The number of likely N-dealkylation sites (tertiary alicyclic amines) is 2. The van der Waals surface area contributed by atoms with Gasteiger partial charge in [-0.2, -0.15) is 0 Å². The van der Waals surface area contributed by atoms with Crippen LogP contribution in [0.1, 0.15) is 101 Å². The molecule has 0 saturated carbocycles. The summed E-state index contributed by atoms with van der Waals surface area (Å²) in [6, 6.07) is 13.8. The summed E-state index contributed by atoms with van der Waals surface area (Å²) < 4.78 is 10.5. The number of hydrogen-bond donors (Lipinski definition) is 4. The van der Waals surface area contributed by atoms with Gasteiger partial charge in [0.05, 0.1) is 41.3 Å². The van der Waals surface area contributed by atoms with E-state index in [0.717, 1.165) is 80.4 Å². The Bertz CT molecular complexity index is 2550. The second-order valence-corrected chi connectivity index (χ2v) is 17.1. The second-order valence-electron chi connectivity index (χ2n) is 17.1. The SMILES string of the molecule is COC(=O)NC(C(=O)N1[C@@H](C)CC[C@H]1c1nc2c(ccc3cc(C#Cc4ccc5nc(C6CCC(C)N6C(=O)[C@H](C(C)C)N(C)C(=O)O)[nH]c5c4)ccc32)[nH]1)C1CCOCC1. The lowest BCUT2D eigenvalue weighted by Gasteiger charge is -2.36. The van der Waals surface area contributed by atoms with Gasteiger partial charge < -0.3 is 39.7 Å². The van der Waals surface area contributed by atoms with Crippen LogP contribution in [-0.2, 0) is 19.1 Å². The quantitative estimate of drug-likeness (QED) is 0.121. The van der Waals surface area contributed by atoms with Crippen molar-refractivity contribution in [2.45, 2.75) is 102 Å². The summed E-state index contributed by atoms with van der Waals surface area (Å²) in [7, 11) is 2.76. The fraction of sp³-hybridized carbons (Fsp3) is 0.478. The summed E-state index contributed by atoms with van der Waals surface area (Å²) in [6.45, 7) is 8.87. The number of hydrogen-bond acceptors (Lipinski definition) is 8. The number of fused-ring (bicyclic) bond motifs is 4. The lowest BCUT2D eigenvalue weighted by atomic mass is 9.90. The highest BCUT2D eigenvalue weighted by Crippen LogP contribution is 2.39. The average molecular weight is 831 g/mol. The lowest BCUT2D eigenvalue weighted by Crippen LogP contribution is -2.54. The maximum absolute atomic E-state index is 14.3. The Labute approximate surface area is 354 Å². The normalized spacial score (nSPS) is 21.8. The van der Waals surface area contributed by atoms with Gasteiger partial charge in [-0.1, -0.05) is 37.8 Å². The molecule has 4 N–H and O–H groups in total. The molecule has 0 spiro atoms. The average Bonchev–Trinajstić information content (AvgIpc) is 4.06. The van der Waals surface area contributed by atoms with E-state index in [-0.39, 0.29) is 47.8 Å². The highest BCUT2D eigenvalue weighted by Gasteiger charge is 2.44. The number of carbonyl (C=O) groups excluding carboxylic acids is 3. The van der Waals surface area contributed by atoms with Crippen molar-refractivity contribution < 1.29 is 33.8 Å². The van der Waals surface area contributed by atoms with Crippen molar-refractivity contribution in [2.24, 2.45) is 11.8 Å². The van der Waals surface area contributed by atoms with Gasteiger partial charge in [-0.15, -0.1) is 0 Å². The molecule has 0 radical (unpaired) electrons. The number of rotatable bonds is 8. The van der Waals surface area contributed by atoms with Crippen LogP contribution in [0.3, 0.4) is 0 Å². The van der Waals surface area contributed by atoms with Crippen LogP contribution in [-0.4, -0.2) is 115 Å². The lowest BCUT2D eigenvalue weighted by molar-refractivity contribution is -0.140. The Morgan fingerprint density at radius 3 is 2.11 bits per heavy atom. The van der Waals surface area contributed by atoms with E-state index in [1.807, 2.05) is 86.0 Å². The minimum absolute atomic E-state index is 0.0318. The number of amides is 4. The van der Waals surface area contributed by atoms with E-state index < -0.39 is 24.3 Å². The molecule has 6 atom stereocenters. The molecule has 3 fully saturated rings. The van der Waals surface area contributed by atoms with Gasteiger partial charge in [0.2, 0.25) is 11.8 Å². The number of carbonyl (C=O) groups is 4. The number of aromatic amines is 2. The molecule has 0 aliphatic carbocycles. The predicted molar refractivity (Wildman–Crippen MR) is 230 cm³/mol. The third kappa shape index (κ3) is 8.08. The summed E-state index contributed by atoms with van der Waals surface area (Å²) in [4.78, 5) is 74.1. The van der Waals surface area contributed by atoms with Gasteiger partial charge in [0.25, 0.3) is 0 Å². The highest BCUT2D eigenvalue weighted by molar-refractivity contribution is 6.04. The van der Waals surface area contributed by atoms with Crippen molar-refractivity contribution in [2.75, 3.05) is 27.4 Å². The van der Waals surface area contributed by atoms with Crippen LogP contribution < -0.4 is 5.32 Å². The molecule has 3 aliphatic heterocycles. The molecule has 5 aromatic rings. The molecule has 0 bridgehead atoms. The Hall–Kier alpha value is -6.14. The molecular weight excluding hydrogens is 777 g/mol. The second kappa shape index (κ2) is 17.1. The first-order valence-corrected chi connectivity index (χ1v) is 21.3. The molecule has 3 unspecified atom stereocenters. The number of nitrogens with one attached hydrogen (secondary N) is 3. The maximum Gasteiger partial charge on any atom is 0.407 e. The molecule has 320 valence electrons. The van der Waals surface area contributed by atoms with Gasteiger partial charge in [-0.3, -0.25) is 14.5 Å². The Balaban J connectivity index is 1.01. The number of likely N-dealkylation sites (N-methyl/N-ethyl adjacent to an activating group) is 1. The van der Waals surface area contributed by atoms with E-state index in [2.05, 4.69) is 27.1 Å². The van der Waals surface area contributed by atoms with E-state index in [4.69, 9.17) is 19.4 Å². The maximum atomic E-state index is 14.3. The molecule has 3 saturated heterocycles. The molecule has 4 amide bonds. The van der Waals surface area contributed by atoms with E-state index in [1.54, 1.807) is 0 Å². The fourth-order valence-corrected chi connectivity index (χ4v) is 9.66. The summed E-state index contributed by atoms with van der Waals surface area (Å²) in [5, 5.41) is 14.5. The van der Waals surface area contributed by atoms with Crippen LogP contribution in [0.4, 0.5) is 9.59 Å². The predicted octanol–water partition coefficient (Wildman–Crippen LogP) is 6.88. The van der Waals surface area contributed by atoms with E-state index in [9.17, 15) is 24.3 Å². The summed E-state index contributed by atoms with van der Waals surface area (Å²) >= 11 is 0. The minimum atomic E-state index is -1.13. The van der Waals surface area contributed by atoms with E-state index in [1.165, 1.54) is 14.2 Å². The Morgan fingerprint density at radius 2 is 1.46 bits per heavy atom. The zero-order chi connectivity index (χ0) is 43.1. The van der Waals surface area contributed by atoms with Crippen LogP contribution in [0.5, 0.6) is 0 Å². The van der Waals surface area contributed by atoms with Gasteiger partial charge in [-0.25, -0.2) is 19.6 Å². The van der Waals surface area contributed by atoms with Gasteiger partial charge in [-0.05, 0) is 106 Å². The summed E-state index contributed by atoms with van der Waals surface area (Å²) in [5.74, 6) is 7.43. The topological polar surface area (TPSA) is 186 Å². The van der Waals surface area contributed by atoms with Gasteiger partial charge in [0, 0.05) is 48.9 Å². The van der Waals surface area contributed by atoms with Crippen molar-refractivity contribution >= 4 is 56.8 Å².